The van der Waals surface area contributed by atoms with E-state index in [4.69, 9.17) is 28.9 Å². The van der Waals surface area contributed by atoms with E-state index >= 15 is 0 Å². The van der Waals surface area contributed by atoms with Crippen molar-refractivity contribution in [2.24, 2.45) is 11.7 Å². The fraction of sp³-hybridized carbons (Fsp3) is 0.462. The number of alkyl halides is 3. The molecule has 2 fully saturated rings. The maximum Gasteiger partial charge on any atom is 0.417 e. The van der Waals surface area contributed by atoms with Crippen LogP contribution in [0.1, 0.15) is 46.8 Å². The van der Waals surface area contributed by atoms with Gasteiger partial charge in [0.15, 0.2) is 0 Å². The maximum absolute atomic E-state index is 13.4. The molecule has 0 radical (unpaired) electrons. The molecule has 2 saturated heterocycles. The first kappa shape index (κ1) is 28.9. The van der Waals surface area contributed by atoms with Crippen molar-refractivity contribution < 1.29 is 27.6 Å². The molecule has 2 aromatic rings. The van der Waals surface area contributed by atoms with Crippen molar-refractivity contribution in [1.82, 2.24) is 19.7 Å². The number of nitrogens with zero attached hydrogens (tertiary/aromatic N) is 4. The molecular formula is C26H28Cl2F3N5O3. The molecule has 210 valence electrons. The van der Waals surface area contributed by atoms with Gasteiger partial charge in [-0.25, -0.2) is 4.79 Å². The quantitative estimate of drug-likeness (QED) is 0.564. The minimum atomic E-state index is -4.56. The van der Waals surface area contributed by atoms with Crippen LogP contribution in [0.2, 0.25) is 10.0 Å². The van der Waals surface area contributed by atoms with Crippen molar-refractivity contribution in [3.63, 3.8) is 0 Å². The van der Waals surface area contributed by atoms with E-state index in [9.17, 15) is 27.6 Å². The summed E-state index contributed by atoms with van der Waals surface area (Å²) in [5, 5.41) is 0.689. The number of primary amides is 1. The summed E-state index contributed by atoms with van der Waals surface area (Å²) in [7, 11) is 1.58. The summed E-state index contributed by atoms with van der Waals surface area (Å²) in [6.45, 7) is 1.51. The third kappa shape index (κ3) is 6.41. The topological polar surface area (TPSA) is 99.8 Å². The molecule has 0 bridgehead atoms. The average Bonchev–Trinajstić information content (AvgIpc) is 2.92. The number of amides is 4. The molecule has 1 aromatic heterocycles. The Kier molecular flexibility index (Phi) is 8.60. The Bertz CT molecular complexity index is 1240. The van der Waals surface area contributed by atoms with Crippen LogP contribution in [-0.2, 0) is 11.0 Å². The highest BCUT2D eigenvalue weighted by molar-refractivity contribution is 6.42. The van der Waals surface area contributed by atoms with E-state index in [0.717, 1.165) is 17.7 Å². The highest BCUT2D eigenvalue weighted by Crippen LogP contribution is 2.36. The number of rotatable bonds is 4. The van der Waals surface area contributed by atoms with Crippen LogP contribution in [-0.4, -0.2) is 76.8 Å². The summed E-state index contributed by atoms with van der Waals surface area (Å²) in [5.74, 6) is -1.15. The number of urea groups is 1. The molecule has 2 aliphatic rings. The molecule has 4 rings (SSSR count). The van der Waals surface area contributed by atoms with Gasteiger partial charge in [-0.1, -0.05) is 29.3 Å². The lowest BCUT2D eigenvalue weighted by Crippen LogP contribution is -2.54. The second kappa shape index (κ2) is 11.6. The molecule has 0 spiro atoms. The van der Waals surface area contributed by atoms with Crippen LogP contribution in [0.25, 0.3) is 0 Å². The van der Waals surface area contributed by atoms with Gasteiger partial charge in [-0.2, -0.15) is 13.2 Å². The minimum absolute atomic E-state index is 0.0268. The van der Waals surface area contributed by atoms with Crippen molar-refractivity contribution in [1.29, 1.82) is 0 Å². The number of hydrogen-bond acceptors (Lipinski definition) is 4. The lowest BCUT2D eigenvalue weighted by Gasteiger charge is -2.44. The summed E-state index contributed by atoms with van der Waals surface area (Å²) < 4.78 is 38.9. The maximum atomic E-state index is 13.4. The first-order chi connectivity index (χ1) is 18.4. The first-order valence-electron chi connectivity index (χ1n) is 12.4. The molecule has 0 saturated carbocycles. The average molecular weight is 586 g/mol. The Morgan fingerprint density at radius 1 is 1.00 bits per heavy atom. The second-order valence-corrected chi connectivity index (χ2v) is 10.7. The minimum Gasteiger partial charge on any atom is -0.351 e. The summed E-state index contributed by atoms with van der Waals surface area (Å²) in [6.07, 6.45) is -2.47. The van der Waals surface area contributed by atoms with Gasteiger partial charge in [-0.3, -0.25) is 14.6 Å². The summed E-state index contributed by atoms with van der Waals surface area (Å²) in [6, 6.07) is 6.14. The number of likely N-dealkylation sites (N-methyl/N-ethyl adjacent to an activating group) is 1. The predicted molar refractivity (Wildman–Crippen MR) is 139 cm³/mol. The van der Waals surface area contributed by atoms with Gasteiger partial charge in [-0.15, -0.1) is 0 Å². The number of aromatic nitrogens is 1. The zero-order chi connectivity index (χ0) is 28.5. The van der Waals surface area contributed by atoms with Gasteiger partial charge in [0.25, 0.3) is 5.91 Å². The molecule has 39 heavy (non-hydrogen) atoms. The van der Waals surface area contributed by atoms with Gasteiger partial charge in [0.2, 0.25) is 5.91 Å². The molecule has 8 nitrogen and oxygen atoms in total. The highest BCUT2D eigenvalue weighted by atomic mass is 35.5. The number of likely N-dealkylation sites (tertiary alicyclic amines) is 2. The smallest absolute Gasteiger partial charge is 0.351 e. The molecule has 4 amide bonds. The SMILES string of the molecule is CN(C(=O)c1ccc(C(F)(F)F)cn1)[C@@H]1CCN(C(=O)C2CCN(C(N)=O)CC2)C[C@H]1c1ccc(Cl)c(Cl)c1. The van der Waals surface area contributed by atoms with Crippen molar-refractivity contribution in [3.05, 3.63) is 63.4 Å². The van der Waals surface area contributed by atoms with Crippen molar-refractivity contribution in [3.8, 4) is 0 Å². The van der Waals surface area contributed by atoms with Crippen molar-refractivity contribution in [2.45, 2.75) is 37.4 Å². The molecule has 2 aliphatic heterocycles. The predicted octanol–water partition coefficient (Wildman–Crippen LogP) is 4.65. The molecule has 2 atom stereocenters. The van der Waals surface area contributed by atoms with E-state index in [1.165, 1.54) is 9.80 Å². The summed E-state index contributed by atoms with van der Waals surface area (Å²) in [4.78, 5) is 46.7. The van der Waals surface area contributed by atoms with Gasteiger partial charge in [0.1, 0.15) is 5.69 Å². The second-order valence-electron chi connectivity index (χ2n) is 9.87. The first-order valence-corrected chi connectivity index (χ1v) is 13.2. The van der Waals surface area contributed by atoms with E-state index in [0.29, 0.717) is 61.7 Å². The Hall–Kier alpha value is -3.05. The van der Waals surface area contributed by atoms with Crippen LogP contribution in [0.5, 0.6) is 0 Å². The zero-order valence-electron chi connectivity index (χ0n) is 21.1. The fourth-order valence-corrected chi connectivity index (χ4v) is 5.60. The number of carbonyl (C=O) groups excluding carboxylic acids is 3. The normalized spacial score (nSPS) is 20.6. The summed E-state index contributed by atoms with van der Waals surface area (Å²) >= 11 is 12.4. The molecule has 2 N–H and O–H groups in total. The molecule has 13 heteroatoms. The van der Waals surface area contributed by atoms with Gasteiger partial charge < -0.3 is 20.4 Å². The molecule has 0 unspecified atom stereocenters. The lowest BCUT2D eigenvalue weighted by atomic mass is 9.84. The van der Waals surface area contributed by atoms with E-state index in [1.807, 2.05) is 0 Å². The van der Waals surface area contributed by atoms with Gasteiger partial charge >= 0.3 is 12.2 Å². The van der Waals surface area contributed by atoms with Crippen LogP contribution in [0.3, 0.4) is 0 Å². The Labute approximate surface area is 233 Å². The van der Waals surface area contributed by atoms with Crippen molar-refractivity contribution >= 4 is 41.0 Å². The zero-order valence-corrected chi connectivity index (χ0v) is 22.6. The number of pyridine rings is 1. The largest absolute Gasteiger partial charge is 0.417 e. The Balaban J connectivity index is 1.55. The lowest BCUT2D eigenvalue weighted by molar-refractivity contribution is -0.139. The van der Waals surface area contributed by atoms with Gasteiger partial charge in [0.05, 0.1) is 15.6 Å². The Morgan fingerprint density at radius 2 is 1.67 bits per heavy atom. The van der Waals surface area contributed by atoms with E-state index < -0.39 is 23.7 Å². The van der Waals surface area contributed by atoms with Crippen LogP contribution < -0.4 is 5.73 Å². The number of carbonyl (C=O) groups is 3. The third-order valence-electron chi connectivity index (χ3n) is 7.54. The number of benzene rings is 1. The molecule has 0 aliphatic carbocycles. The van der Waals surface area contributed by atoms with E-state index in [1.54, 1.807) is 30.1 Å². The number of nitrogens with two attached hydrogens (primary N) is 1. The van der Waals surface area contributed by atoms with E-state index in [2.05, 4.69) is 4.98 Å². The molecular weight excluding hydrogens is 558 g/mol. The summed E-state index contributed by atoms with van der Waals surface area (Å²) in [5.41, 5.74) is 5.08. The highest BCUT2D eigenvalue weighted by Gasteiger charge is 2.39. The standard InChI is InChI=1S/C26H28Cl2F3N5O3/c1-34(24(38)21-5-3-17(13-33-21)26(29,30)31)22-8-11-36(14-18(22)16-2-4-19(27)20(28)12-16)23(37)15-6-9-35(10-7-15)25(32)39/h2-5,12-13,15,18,22H,6-11,14H2,1H3,(H2,32,39)/t18-,22+/m0/s1. The van der Waals surface area contributed by atoms with E-state index in [-0.39, 0.29) is 29.5 Å². The monoisotopic (exact) mass is 585 g/mol. The third-order valence-corrected chi connectivity index (χ3v) is 8.28. The van der Waals surface area contributed by atoms with Crippen molar-refractivity contribution in [2.75, 3.05) is 33.2 Å². The fourth-order valence-electron chi connectivity index (χ4n) is 5.30. The van der Waals surface area contributed by atoms with Crippen LogP contribution in [0, 0.1) is 5.92 Å². The molecule has 3 heterocycles. The Morgan fingerprint density at radius 3 is 2.23 bits per heavy atom. The molecule has 1 aromatic carbocycles. The van der Waals surface area contributed by atoms with Gasteiger partial charge in [-0.05, 0) is 49.1 Å². The van der Waals surface area contributed by atoms with Crippen LogP contribution in [0.15, 0.2) is 36.5 Å². The number of piperidine rings is 2. The number of halogens is 5. The van der Waals surface area contributed by atoms with Crippen LogP contribution in [0.4, 0.5) is 18.0 Å². The van der Waals surface area contributed by atoms with Gasteiger partial charge in [0, 0.05) is 57.3 Å². The number of hydrogen-bond donors (Lipinski definition) is 1. The van der Waals surface area contributed by atoms with Crippen LogP contribution >= 0.6 is 23.2 Å².